The SMILES string of the molecule is N[C@H](C(=O)O)[C@H](O)CS. The van der Waals surface area contributed by atoms with Crippen LogP contribution in [0.4, 0.5) is 0 Å². The second-order valence-electron chi connectivity index (χ2n) is 1.61. The van der Waals surface area contributed by atoms with Gasteiger partial charge in [-0.05, 0) is 0 Å². The highest BCUT2D eigenvalue weighted by atomic mass is 32.1. The molecule has 0 aliphatic heterocycles. The highest BCUT2D eigenvalue weighted by Gasteiger charge is 2.19. The molecule has 0 unspecified atom stereocenters. The Kier molecular flexibility index (Phi) is 3.60. The van der Waals surface area contributed by atoms with Gasteiger partial charge in [0.2, 0.25) is 0 Å². The van der Waals surface area contributed by atoms with Crippen molar-refractivity contribution in [2.24, 2.45) is 5.73 Å². The number of carboxylic acid groups (broad SMARTS) is 1. The number of hydrogen-bond acceptors (Lipinski definition) is 4. The van der Waals surface area contributed by atoms with Crippen molar-refractivity contribution in [1.82, 2.24) is 0 Å². The van der Waals surface area contributed by atoms with Gasteiger partial charge in [-0.1, -0.05) is 0 Å². The lowest BCUT2D eigenvalue weighted by Crippen LogP contribution is -2.42. The molecule has 2 atom stereocenters. The Labute approximate surface area is 58.1 Å². The van der Waals surface area contributed by atoms with E-state index in [4.69, 9.17) is 15.9 Å². The van der Waals surface area contributed by atoms with Gasteiger partial charge in [0.15, 0.2) is 0 Å². The summed E-state index contributed by atoms with van der Waals surface area (Å²) >= 11 is 3.66. The van der Waals surface area contributed by atoms with E-state index in [1.807, 2.05) is 0 Å². The quantitative estimate of drug-likeness (QED) is 0.377. The van der Waals surface area contributed by atoms with Gasteiger partial charge in [0.25, 0.3) is 0 Å². The van der Waals surface area contributed by atoms with E-state index in [1.165, 1.54) is 0 Å². The van der Waals surface area contributed by atoms with E-state index in [-0.39, 0.29) is 5.75 Å². The van der Waals surface area contributed by atoms with Crippen molar-refractivity contribution in [3.63, 3.8) is 0 Å². The third-order valence-corrected chi connectivity index (χ3v) is 1.26. The lowest BCUT2D eigenvalue weighted by atomic mass is 10.2. The number of thiol groups is 1. The smallest absolute Gasteiger partial charge is 0.323 e. The standard InChI is InChI=1S/C4H9NO3S/c5-3(4(7)8)2(6)1-9/h2-3,6,9H,1,5H2,(H,7,8)/t2-,3+/m1/s1. The second kappa shape index (κ2) is 3.71. The molecular formula is C4H9NO3S. The average molecular weight is 151 g/mol. The zero-order valence-corrected chi connectivity index (χ0v) is 5.58. The number of rotatable bonds is 3. The third-order valence-electron chi connectivity index (χ3n) is 0.887. The topological polar surface area (TPSA) is 83.6 Å². The molecular weight excluding hydrogens is 142 g/mol. The Morgan fingerprint density at radius 1 is 1.78 bits per heavy atom. The molecule has 54 valence electrons. The molecule has 0 fully saturated rings. The number of aliphatic hydroxyl groups excluding tert-OH is 1. The summed E-state index contributed by atoms with van der Waals surface area (Å²) in [6, 6.07) is -1.22. The minimum Gasteiger partial charge on any atom is -0.480 e. The van der Waals surface area contributed by atoms with Crippen LogP contribution in [0, 0.1) is 0 Å². The molecule has 0 saturated carbocycles. The van der Waals surface area contributed by atoms with Crippen LogP contribution in [0.2, 0.25) is 0 Å². The van der Waals surface area contributed by atoms with Crippen LogP contribution in [-0.4, -0.2) is 34.1 Å². The van der Waals surface area contributed by atoms with Gasteiger partial charge in [-0.25, -0.2) is 0 Å². The highest BCUT2D eigenvalue weighted by Crippen LogP contribution is 1.92. The summed E-state index contributed by atoms with van der Waals surface area (Å²) in [6.07, 6.45) is -1.06. The summed E-state index contributed by atoms with van der Waals surface area (Å²) in [6.45, 7) is 0. The molecule has 0 rings (SSSR count). The van der Waals surface area contributed by atoms with E-state index in [9.17, 15) is 4.79 Å². The van der Waals surface area contributed by atoms with Crippen LogP contribution < -0.4 is 5.73 Å². The molecule has 0 aliphatic rings. The fraction of sp³-hybridized carbons (Fsp3) is 0.750. The van der Waals surface area contributed by atoms with Crippen LogP contribution in [0.3, 0.4) is 0 Å². The first-order valence-corrected chi connectivity index (χ1v) is 3.00. The van der Waals surface area contributed by atoms with Crippen LogP contribution in [0.1, 0.15) is 0 Å². The van der Waals surface area contributed by atoms with Gasteiger partial charge in [0.1, 0.15) is 6.04 Å². The van der Waals surface area contributed by atoms with Crippen molar-refractivity contribution in [3.05, 3.63) is 0 Å². The van der Waals surface area contributed by atoms with Crippen LogP contribution >= 0.6 is 12.6 Å². The molecule has 0 aromatic carbocycles. The number of aliphatic hydroxyl groups is 1. The maximum absolute atomic E-state index is 9.98. The predicted octanol–water partition coefficient (Wildman–Crippen LogP) is -1.31. The molecule has 0 aromatic rings. The lowest BCUT2D eigenvalue weighted by molar-refractivity contribution is -0.140. The summed E-state index contributed by atoms with van der Waals surface area (Å²) in [7, 11) is 0. The average Bonchev–Trinajstić information content (AvgIpc) is 1.84. The molecule has 0 amide bonds. The van der Waals surface area contributed by atoms with Crippen molar-refractivity contribution < 1.29 is 15.0 Å². The number of carboxylic acids is 1. The molecule has 9 heavy (non-hydrogen) atoms. The maximum atomic E-state index is 9.98. The number of hydrogen-bond donors (Lipinski definition) is 4. The van der Waals surface area contributed by atoms with Gasteiger partial charge >= 0.3 is 5.97 Å². The molecule has 0 bridgehead atoms. The minimum atomic E-state index is -1.22. The van der Waals surface area contributed by atoms with Crippen molar-refractivity contribution >= 4 is 18.6 Å². The third kappa shape index (κ3) is 2.69. The van der Waals surface area contributed by atoms with Gasteiger partial charge in [-0.15, -0.1) is 0 Å². The van der Waals surface area contributed by atoms with Crippen LogP contribution in [0.15, 0.2) is 0 Å². The first-order chi connectivity index (χ1) is 4.09. The first-order valence-electron chi connectivity index (χ1n) is 2.37. The van der Waals surface area contributed by atoms with Crippen molar-refractivity contribution in [3.8, 4) is 0 Å². The van der Waals surface area contributed by atoms with E-state index >= 15 is 0 Å². The van der Waals surface area contributed by atoms with Crippen molar-refractivity contribution in [2.45, 2.75) is 12.1 Å². The summed E-state index contributed by atoms with van der Waals surface area (Å²) < 4.78 is 0. The van der Waals surface area contributed by atoms with Gasteiger partial charge < -0.3 is 15.9 Å². The highest BCUT2D eigenvalue weighted by molar-refractivity contribution is 7.80. The molecule has 4 nitrogen and oxygen atoms in total. The first kappa shape index (κ1) is 8.74. The van der Waals surface area contributed by atoms with Crippen molar-refractivity contribution in [1.29, 1.82) is 0 Å². The molecule has 0 aromatic heterocycles. The Balaban J connectivity index is 3.72. The molecule has 0 heterocycles. The molecule has 0 radical (unpaired) electrons. The van der Waals surface area contributed by atoms with E-state index in [2.05, 4.69) is 12.6 Å². The monoisotopic (exact) mass is 151 g/mol. The predicted molar refractivity (Wildman–Crippen MR) is 35.5 cm³/mol. The maximum Gasteiger partial charge on any atom is 0.323 e. The number of aliphatic carboxylic acids is 1. The van der Waals surface area contributed by atoms with E-state index in [1.54, 1.807) is 0 Å². The van der Waals surface area contributed by atoms with Gasteiger partial charge in [-0.3, -0.25) is 4.79 Å². The van der Waals surface area contributed by atoms with Crippen LogP contribution in [0.25, 0.3) is 0 Å². The van der Waals surface area contributed by atoms with Gasteiger partial charge in [0.05, 0.1) is 6.10 Å². The zero-order chi connectivity index (χ0) is 7.44. The number of nitrogens with two attached hydrogens (primary N) is 1. The number of carbonyl (C=O) groups is 1. The molecule has 0 saturated heterocycles. The summed E-state index contributed by atoms with van der Waals surface area (Å²) in [5.41, 5.74) is 4.97. The molecule has 4 N–H and O–H groups in total. The fourth-order valence-electron chi connectivity index (χ4n) is 0.278. The summed E-state index contributed by atoms with van der Waals surface area (Å²) in [5, 5.41) is 16.9. The van der Waals surface area contributed by atoms with Gasteiger partial charge in [-0.2, -0.15) is 12.6 Å². The molecule has 0 aliphatic carbocycles. The Hall–Kier alpha value is -0.260. The van der Waals surface area contributed by atoms with Crippen molar-refractivity contribution in [2.75, 3.05) is 5.75 Å². The van der Waals surface area contributed by atoms with Crippen LogP contribution in [0.5, 0.6) is 0 Å². The molecule has 0 spiro atoms. The van der Waals surface area contributed by atoms with Crippen LogP contribution in [-0.2, 0) is 4.79 Å². The molecule has 5 heteroatoms. The Morgan fingerprint density at radius 2 is 2.22 bits per heavy atom. The zero-order valence-electron chi connectivity index (χ0n) is 4.69. The summed E-state index contributed by atoms with van der Waals surface area (Å²) in [4.78, 5) is 9.98. The fourth-order valence-corrected chi connectivity index (χ4v) is 0.505. The largest absolute Gasteiger partial charge is 0.480 e. The van der Waals surface area contributed by atoms with Gasteiger partial charge in [0, 0.05) is 5.75 Å². The Bertz CT molecular complexity index is 108. The van der Waals surface area contributed by atoms with E-state index in [0.29, 0.717) is 0 Å². The minimum absolute atomic E-state index is 0.0630. The van der Waals surface area contributed by atoms with E-state index in [0.717, 1.165) is 0 Å². The normalized spacial score (nSPS) is 16.8. The van der Waals surface area contributed by atoms with E-state index < -0.39 is 18.1 Å². The Morgan fingerprint density at radius 3 is 2.33 bits per heavy atom. The summed E-state index contributed by atoms with van der Waals surface area (Å²) in [5.74, 6) is -1.15. The second-order valence-corrected chi connectivity index (χ2v) is 1.98. The lowest BCUT2D eigenvalue weighted by Gasteiger charge is -2.10.